The van der Waals surface area contributed by atoms with Crippen LogP contribution in [0.3, 0.4) is 0 Å². The first-order valence-electron chi connectivity index (χ1n) is 10.3. The highest BCUT2D eigenvalue weighted by molar-refractivity contribution is 9.10. The van der Waals surface area contributed by atoms with E-state index in [1.807, 2.05) is 60.0 Å². The average molecular weight is 519 g/mol. The third-order valence-corrected chi connectivity index (χ3v) is 5.98. The van der Waals surface area contributed by atoms with E-state index >= 15 is 0 Å². The lowest BCUT2D eigenvalue weighted by Gasteiger charge is -2.18. The largest absolute Gasteiger partial charge is 0.497 e. The maximum absolute atomic E-state index is 12.4. The van der Waals surface area contributed by atoms with Crippen molar-refractivity contribution < 1.29 is 14.3 Å². The normalized spacial score (nSPS) is 11.9. The van der Waals surface area contributed by atoms with Gasteiger partial charge < -0.3 is 19.4 Å². The minimum Gasteiger partial charge on any atom is -0.497 e. The molecular formula is C23H27BrN4O3S. The van der Waals surface area contributed by atoms with Gasteiger partial charge >= 0.3 is 0 Å². The fourth-order valence-corrected chi connectivity index (χ4v) is 4.03. The Kier molecular flexibility index (Phi) is 8.58. The number of nitrogens with one attached hydrogen (secondary N) is 1. The number of ether oxygens (including phenoxy) is 2. The minimum atomic E-state index is -0.305. The van der Waals surface area contributed by atoms with Crippen LogP contribution in [0.25, 0.3) is 0 Å². The Morgan fingerprint density at radius 3 is 2.34 bits per heavy atom. The number of halogens is 1. The summed E-state index contributed by atoms with van der Waals surface area (Å²) in [5.74, 6) is 2.74. The van der Waals surface area contributed by atoms with Gasteiger partial charge in [-0.2, -0.15) is 0 Å². The predicted octanol–water partition coefficient (Wildman–Crippen LogP) is 5.58. The molecule has 1 unspecified atom stereocenters. The standard InChI is InChI=1S/C23H27BrN4O3S/c1-15(2)13-28-22(16(3)31-20-11-9-19(30-4)10-12-20)26-27-23(28)32-14-21(29)25-18-7-5-17(24)6-8-18/h5-12,15-16H,13-14H2,1-4H3,(H,25,29). The molecule has 2 aromatic carbocycles. The summed E-state index contributed by atoms with van der Waals surface area (Å²) in [6.07, 6.45) is -0.305. The molecule has 0 aliphatic carbocycles. The summed E-state index contributed by atoms with van der Waals surface area (Å²) in [5, 5.41) is 12.3. The van der Waals surface area contributed by atoms with Crippen molar-refractivity contribution in [2.75, 3.05) is 18.2 Å². The van der Waals surface area contributed by atoms with Crippen LogP contribution in [0.1, 0.15) is 32.7 Å². The fraction of sp³-hybridized carbons (Fsp3) is 0.348. The van der Waals surface area contributed by atoms with Crippen LogP contribution in [0.2, 0.25) is 0 Å². The van der Waals surface area contributed by atoms with Gasteiger partial charge in [-0.15, -0.1) is 10.2 Å². The molecule has 1 aromatic heterocycles. The second kappa shape index (κ2) is 11.4. The van der Waals surface area contributed by atoms with E-state index in [2.05, 4.69) is 45.3 Å². The maximum atomic E-state index is 12.4. The highest BCUT2D eigenvalue weighted by atomic mass is 79.9. The monoisotopic (exact) mass is 518 g/mol. The first kappa shape index (κ1) is 24.1. The van der Waals surface area contributed by atoms with Crippen LogP contribution in [0.4, 0.5) is 5.69 Å². The molecule has 32 heavy (non-hydrogen) atoms. The zero-order valence-corrected chi connectivity index (χ0v) is 20.9. The Labute approximate surface area is 201 Å². The molecule has 1 atom stereocenters. The van der Waals surface area contributed by atoms with Crippen LogP contribution < -0.4 is 14.8 Å². The smallest absolute Gasteiger partial charge is 0.234 e. The summed E-state index contributed by atoms with van der Waals surface area (Å²) < 4.78 is 14.3. The molecule has 3 rings (SSSR count). The number of anilines is 1. The first-order chi connectivity index (χ1) is 15.4. The van der Waals surface area contributed by atoms with Crippen LogP contribution in [-0.4, -0.2) is 33.5 Å². The van der Waals surface area contributed by atoms with Gasteiger partial charge in [-0.05, 0) is 61.4 Å². The number of hydrogen-bond donors (Lipinski definition) is 1. The summed E-state index contributed by atoms with van der Waals surface area (Å²) in [5.41, 5.74) is 0.754. The fourth-order valence-electron chi connectivity index (χ4n) is 3.02. The molecule has 0 aliphatic heterocycles. The quantitative estimate of drug-likeness (QED) is 0.353. The zero-order valence-electron chi connectivity index (χ0n) is 18.5. The summed E-state index contributed by atoms with van der Waals surface area (Å²) >= 11 is 4.76. The lowest BCUT2D eigenvalue weighted by molar-refractivity contribution is -0.113. The van der Waals surface area contributed by atoms with Crippen molar-refractivity contribution in [3.05, 3.63) is 58.8 Å². The number of methoxy groups -OCH3 is 1. The Hall–Kier alpha value is -2.52. The molecule has 170 valence electrons. The molecule has 0 saturated carbocycles. The van der Waals surface area contributed by atoms with E-state index in [0.29, 0.717) is 11.1 Å². The van der Waals surface area contributed by atoms with E-state index in [1.165, 1.54) is 11.8 Å². The molecule has 0 saturated heterocycles. The Balaban J connectivity index is 1.67. The number of hydrogen-bond acceptors (Lipinski definition) is 6. The van der Waals surface area contributed by atoms with Crippen molar-refractivity contribution in [3.8, 4) is 11.5 Å². The second-order valence-corrected chi connectivity index (χ2v) is 9.48. The van der Waals surface area contributed by atoms with Gasteiger partial charge in [-0.3, -0.25) is 4.79 Å². The summed E-state index contributed by atoms with van der Waals surface area (Å²) in [6.45, 7) is 6.94. The van der Waals surface area contributed by atoms with Gasteiger partial charge in [0.05, 0.1) is 12.9 Å². The maximum Gasteiger partial charge on any atom is 0.234 e. The lowest BCUT2D eigenvalue weighted by Crippen LogP contribution is -2.17. The van der Waals surface area contributed by atoms with E-state index in [4.69, 9.17) is 9.47 Å². The van der Waals surface area contributed by atoms with Gasteiger partial charge in [0.25, 0.3) is 0 Å². The van der Waals surface area contributed by atoms with Gasteiger partial charge in [0, 0.05) is 16.7 Å². The number of benzene rings is 2. The summed E-state index contributed by atoms with van der Waals surface area (Å²) in [4.78, 5) is 12.4. The molecule has 0 radical (unpaired) electrons. The van der Waals surface area contributed by atoms with Crippen molar-refractivity contribution >= 4 is 39.3 Å². The van der Waals surface area contributed by atoms with E-state index in [9.17, 15) is 4.79 Å². The SMILES string of the molecule is COc1ccc(OC(C)c2nnc(SCC(=O)Nc3ccc(Br)cc3)n2CC(C)C)cc1. The molecule has 0 fully saturated rings. The van der Waals surface area contributed by atoms with Gasteiger partial charge in [-0.25, -0.2) is 0 Å². The summed E-state index contributed by atoms with van der Waals surface area (Å²) in [7, 11) is 1.63. The number of aromatic nitrogens is 3. The van der Waals surface area contributed by atoms with E-state index in [-0.39, 0.29) is 17.8 Å². The summed E-state index contributed by atoms with van der Waals surface area (Å²) in [6, 6.07) is 14.9. The molecule has 0 bridgehead atoms. The first-order valence-corrected chi connectivity index (χ1v) is 12.1. The number of carbonyl (C=O) groups is 1. The van der Waals surface area contributed by atoms with Crippen LogP contribution in [0.15, 0.2) is 58.2 Å². The van der Waals surface area contributed by atoms with Crippen LogP contribution in [0.5, 0.6) is 11.5 Å². The van der Waals surface area contributed by atoms with Crippen LogP contribution in [-0.2, 0) is 11.3 Å². The van der Waals surface area contributed by atoms with E-state index < -0.39 is 0 Å². The highest BCUT2D eigenvalue weighted by Gasteiger charge is 2.21. The highest BCUT2D eigenvalue weighted by Crippen LogP contribution is 2.27. The number of thioether (sulfide) groups is 1. The Morgan fingerprint density at radius 1 is 1.06 bits per heavy atom. The number of nitrogens with zero attached hydrogens (tertiary/aromatic N) is 3. The van der Waals surface area contributed by atoms with E-state index in [0.717, 1.165) is 34.0 Å². The van der Waals surface area contributed by atoms with Crippen molar-refractivity contribution in [2.45, 2.75) is 38.6 Å². The average Bonchev–Trinajstić information content (AvgIpc) is 3.16. The molecule has 7 nitrogen and oxygen atoms in total. The van der Waals surface area contributed by atoms with Crippen molar-refractivity contribution in [1.82, 2.24) is 14.8 Å². The molecule has 1 amide bonds. The Morgan fingerprint density at radius 2 is 1.72 bits per heavy atom. The zero-order chi connectivity index (χ0) is 23.1. The number of carbonyl (C=O) groups excluding carboxylic acids is 1. The van der Waals surface area contributed by atoms with Crippen molar-refractivity contribution in [3.63, 3.8) is 0 Å². The predicted molar refractivity (Wildman–Crippen MR) is 130 cm³/mol. The van der Waals surface area contributed by atoms with Gasteiger partial charge in [0.1, 0.15) is 11.5 Å². The third kappa shape index (κ3) is 6.74. The van der Waals surface area contributed by atoms with Gasteiger partial charge in [0.2, 0.25) is 5.91 Å². The minimum absolute atomic E-state index is 0.0968. The lowest BCUT2D eigenvalue weighted by atomic mass is 10.2. The number of amides is 1. The molecular weight excluding hydrogens is 492 g/mol. The van der Waals surface area contributed by atoms with E-state index in [1.54, 1.807) is 7.11 Å². The Bertz CT molecular complexity index is 1020. The molecule has 0 spiro atoms. The molecule has 3 aromatic rings. The van der Waals surface area contributed by atoms with Crippen molar-refractivity contribution in [1.29, 1.82) is 0 Å². The molecule has 0 aliphatic rings. The number of rotatable bonds is 10. The molecule has 1 N–H and O–H groups in total. The van der Waals surface area contributed by atoms with Gasteiger partial charge in [-0.1, -0.05) is 41.5 Å². The third-order valence-electron chi connectivity index (χ3n) is 4.49. The van der Waals surface area contributed by atoms with Gasteiger partial charge in [0.15, 0.2) is 17.1 Å². The van der Waals surface area contributed by atoms with Crippen molar-refractivity contribution in [2.24, 2.45) is 5.92 Å². The molecule has 9 heteroatoms. The topological polar surface area (TPSA) is 78.3 Å². The van der Waals surface area contributed by atoms with Crippen LogP contribution >= 0.6 is 27.7 Å². The van der Waals surface area contributed by atoms with Crippen LogP contribution in [0, 0.1) is 5.92 Å². The molecule has 1 heterocycles. The second-order valence-electron chi connectivity index (χ2n) is 7.62.